The van der Waals surface area contributed by atoms with E-state index in [4.69, 9.17) is 21.1 Å². The summed E-state index contributed by atoms with van der Waals surface area (Å²) < 4.78 is 11.0. The Morgan fingerprint density at radius 2 is 1.96 bits per heavy atom. The number of carbonyl (C=O) groups excluding carboxylic acids is 2. The van der Waals surface area contributed by atoms with Crippen molar-refractivity contribution in [3.05, 3.63) is 27.7 Å². The van der Waals surface area contributed by atoms with Gasteiger partial charge in [0, 0.05) is 5.02 Å². The number of rotatable bonds is 7. The maximum atomic E-state index is 12.3. The van der Waals surface area contributed by atoms with Crippen molar-refractivity contribution in [1.29, 1.82) is 0 Å². The molecule has 0 saturated carbocycles. The summed E-state index contributed by atoms with van der Waals surface area (Å²) in [5.74, 6) is -0.119. The van der Waals surface area contributed by atoms with E-state index in [1.165, 1.54) is 7.11 Å². The molecule has 0 heterocycles. The highest BCUT2D eigenvalue weighted by Gasteiger charge is 2.26. The molecule has 0 aliphatic heterocycles. The number of nitrogens with one attached hydrogen (secondary N) is 1. The summed E-state index contributed by atoms with van der Waals surface area (Å²) in [6, 6.07) is 4.33. The van der Waals surface area contributed by atoms with Crippen LogP contribution in [-0.2, 0) is 14.3 Å². The van der Waals surface area contributed by atoms with Crippen LogP contribution in [0.2, 0.25) is 5.02 Å². The van der Waals surface area contributed by atoms with Gasteiger partial charge in [0.05, 0.1) is 11.6 Å². The van der Waals surface area contributed by atoms with Gasteiger partial charge >= 0.3 is 5.97 Å². The van der Waals surface area contributed by atoms with Crippen molar-refractivity contribution >= 4 is 39.4 Å². The average molecular weight is 407 g/mol. The number of amides is 1. The molecule has 7 heteroatoms. The van der Waals surface area contributed by atoms with Crippen molar-refractivity contribution in [3.63, 3.8) is 0 Å². The zero-order chi connectivity index (χ0) is 17.6. The average Bonchev–Trinajstić information content (AvgIpc) is 2.47. The lowest BCUT2D eigenvalue weighted by Gasteiger charge is -2.21. The van der Waals surface area contributed by atoms with Gasteiger partial charge in [-0.3, -0.25) is 4.79 Å². The van der Waals surface area contributed by atoms with Crippen molar-refractivity contribution in [2.45, 2.75) is 39.3 Å². The Kier molecular flexibility index (Phi) is 7.85. The standard InChI is InChI=1S/C16H21BrClNO4/c1-9(2)7-13(16(21)22-4)19-15(20)10(3)23-14-6-5-11(18)8-12(14)17/h5-6,8-10,13H,7H2,1-4H3,(H,19,20). The molecule has 23 heavy (non-hydrogen) atoms. The third-order valence-electron chi connectivity index (χ3n) is 3.08. The third-order valence-corrected chi connectivity index (χ3v) is 3.93. The van der Waals surface area contributed by atoms with Crippen molar-refractivity contribution in [1.82, 2.24) is 5.32 Å². The fourth-order valence-corrected chi connectivity index (χ4v) is 2.71. The second kappa shape index (κ2) is 9.13. The molecule has 0 bridgehead atoms. The molecule has 0 aliphatic carbocycles. The van der Waals surface area contributed by atoms with Gasteiger partial charge in [-0.1, -0.05) is 25.4 Å². The molecule has 5 nitrogen and oxygen atoms in total. The Bertz CT molecular complexity index is 565. The second-order valence-corrected chi connectivity index (χ2v) is 6.84. The van der Waals surface area contributed by atoms with Gasteiger partial charge in [-0.15, -0.1) is 0 Å². The smallest absolute Gasteiger partial charge is 0.328 e. The summed E-state index contributed by atoms with van der Waals surface area (Å²) in [7, 11) is 1.30. The molecule has 0 radical (unpaired) electrons. The van der Waals surface area contributed by atoms with Crippen LogP contribution < -0.4 is 10.1 Å². The molecule has 2 unspecified atom stereocenters. The number of methoxy groups -OCH3 is 1. The van der Waals surface area contributed by atoms with Gasteiger partial charge < -0.3 is 14.8 Å². The van der Waals surface area contributed by atoms with Crippen LogP contribution in [0.4, 0.5) is 0 Å². The number of benzene rings is 1. The Balaban J connectivity index is 2.72. The van der Waals surface area contributed by atoms with E-state index in [0.29, 0.717) is 21.7 Å². The molecule has 1 amide bonds. The lowest BCUT2D eigenvalue weighted by atomic mass is 10.0. The normalized spacial score (nSPS) is 13.3. The number of hydrogen-bond acceptors (Lipinski definition) is 4. The van der Waals surface area contributed by atoms with Gasteiger partial charge in [0.1, 0.15) is 11.8 Å². The summed E-state index contributed by atoms with van der Waals surface area (Å²) in [6.45, 7) is 5.54. The van der Waals surface area contributed by atoms with Crippen LogP contribution in [-0.4, -0.2) is 31.1 Å². The van der Waals surface area contributed by atoms with Crippen LogP contribution in [0.1, 0.15) is 27.2 Å². The molecule has 1 aromatic carbocycles. The number of hydrogen-bond donors (Lipinski definition) is 1. The van der Waals surface area contributed by atoms with Gasteiger partial charge in [0.25, 0.3) is 5.91 Å². The van der Waals surface area contributed by atoms with E-state index < -0.39 is 18.1 Å². The molecule has 0 spiro atoms. The molecule has 2 atom stereocenters. The quantitative estimate of drug-likeness (QED) is 0.703. The minimum Gasteiger partial charge on any atom is -0.480 e. The summed E-state index contributed by atoms with van der Waals surface area (Å²) in [4.78, 5) is 24.0. The first-order valence-electron chi connectivity index (χ1n) is 7.24. The van der Waals surface area contributed by atoms with Crippen LogP contribution in [0.15, 0.2) is 22.7 Å². The van der Waals surface area contributed by atoms with Crippen LogP contribution >= 0.6 is 27.5 Å². The molecule has 0 aromatic heterocycles. The largest absolute Gasteiger partial charge is 0.480 e. The van der Waals surface area contributed by atoms with Crippen molar-refractivity contribution in [2.75, 3.05) is 7.11 Å². The number of ether oxygens (including phenoxy) is 2. The minimum absolute atomic E-state index is 0.237. The molecule has 0 saturated heterocycles. The minimum atomic E-state index is -0.771. The summed E-state index contributed by atoms with van der Waals surface area (Å²) in [5.41, 5.74) is 0. The Hall–Kier alpha value is -1.27. The van der Waals surface area contributed by atoms with E-state index in [1.807, 2.05) is 13.8 Å². The van der Waals surface area contributed by atoms with E-state index in [2.05, 4.69) is 21.2 Å². The topological polar surface area (TPSA) is 64.6 Å². The SMILES string of the molecule is COC(=O)C(CC(C)C)NC(=O)C(C)Oc1ccc(Cl)cc1Br. The zero-order valence-corrected chi connectivity index (χ0v) is 15.9. The van der Waals surface area contributed by atoms with Crippen LogP contribution in [0, 0.1) is 5.92 Å². The fraction of sp³-hybridized carbons (Fsp3) is 0.500. The van der Waals surface area contributed by atoms with Gasteiger partial charge in [-0.25, -0.2) is 4.79 Å². The molecule has 1 N–H and O–H groups in total. The van der Waals surface area contributed by atoms with Gasteiger partial charge in [-0.05, 0) is 53.4 Å². The van der Waals surface area contributed by atoms with E-state index in [0.717, 1.165) is 0 Å². The highest BCUT2D eigenvalue weighted by molar-refractivity contribution is 9.10. The molecule has 1 aromatic rings. The van der Waals surface area contributed by atoms with Gasteiger partial charge in [-0.2, -0.15) is 0 Å². The summed E-state index contributed by atoms with van der Waals surface area (Å²) >= 11 is 9.20. The number of carbonyl (C=O) groups is 2. The first-order chi connectivity index (χ1) is 10.7. The lowest BCUT2D eigenvalue weighted by Crippen LogP contribution is -2.47. The molecule has 128 valence electrons. The third kappa shape index (κ3) is 6.39. The Morgan fingerprint density at radius 1 is 1.30 bits per heavy atom. The first-order valence-corrected chi connectivity index (χ1v) is 8.41. The second-order valence-electron chi connectivity index (χ2n) is 5.55. The van der Waals surface area contributed by atoms with Crippen molar-refractivity contribution < 1.29 is 19.1 Å². The van der Waals surface area contributed by atoms with Crippen molar-refractivity contribution in [3.8, 4) is 5.75 Å². The zero-order valence-electron chi connectivity index (χ0n) is 13.6. The summed E-state index contributed by atoms with van der Waals surface area (Å²) in [6.07, 6.45) is -0.276. The highest BCUT2D eigenvalue weighted by Crippen LogP contribution is 2.28. The molecule has 0 fully saturated rings. The van der Waals surface area contributed by atoms with Crippen LogP contribution in [0.5, 0.6) is 5.75 Å². The van der Waals surface area contributed by atoms with Crippen LogP contribution in [0.25, 0.3) is 0 Å². The van der Waals surface area contributed by atoms with Crippen molar-refractivity contribution in [2.24, 2.45) is 5.92 Å². The van der Waals surface area contributed by atoms with E-state index >= 15 is 0 Å². The molecular weight excluding hydrogens is 386 g/mol. The number of esters is 1. The first kappa shape index (κ1) is 19.8. The molecule has 1 rings (SSSR count). The molecular formula is C16H21BrClNO4. The predicted octanol–water partition coefficient (Wildman–Crippen LogP) is 3.57. The monoisotopic (exact) mass is 405 g/mol. The highest BCUT2D eigenvalue weighted by atomic mass is 79.9. The maximum Gasteiger partial charge on any atom is 0.328 e. The van der Waals surface area contributed by atoms with Gasteiger partial charge in [0.15, 0.2) is 6.10 Å². The van der Waals surface area contributed by atoms with Crippen LogP contribution in [0.3, 0.4) is 0 Å². The van der Waals surface area contributed by atoms with E-state index in [9.17, 15) is 9.59 Å². The fourth-order valence-electron chi connectivity index (χ4n) is 1.93. The maximum absolute atomic E-state index is 12.3. The summed E-state index contributed by atoms with van der Waals surface area (Å²) in [5, 5.41) is 3.23. The predicted molar refractivity (Wildman–Crippen MR) is 92.6 cm³/mol. The van der Waals surface area contributed by atoms with E-state index in [1.54, 1.807) is 25.1 Å². The molecule has 0 aliphatic rings. The lowest BCUT2D eigenvalue weighted by molar-refractivity contribution is -0.146. The Labute approximate surface area is 149 Å². The Morgan fingerprint density at radius 3 is 2.48 bits per heavy atom. The van der Waals surface area contributed by atoms with E-state index in [-0.39, 0.29) is 11.8 Å². The van der Waals surface area contributed by atoms with Gasteiger partial charge in [0.2, 0.25) is 0 Å². The number of halogens is 2.